The fraction of sp³-hybridized carbons (Fsp3) is 0.375. The molecule has 0 aliphatic rings. The number of nitrogens with one attached hydrogen (secondary N) is 2. The third-order valence-electron chi connectivity index (χ3n) is 3.17. The molecule has 0 aliphatic carbocycles. The van der Waals surface area contributed by atoms with Gasteiger partial charge in [-0.05, 0) is 38.9 Å². The van der Waals surface area contributed by atoms with Crippen molar-refractivity contribution in [3.05, 3.63) is 46.5 Å². The van der Waals surface area contributed by atoms with Gasteiger partial charge in [-0.25, -0.2) is 4.98 Å². The van der Waals surface area contributed by atoms with E-state index in [2.05, 4.69) is 29.5 Å². The molecule has 2 N–H and O–H groups in total. The monoisotopic (exact) mass is 303 g/mol. The molecule has 21 heavy (non-hydrogen) atoms. The first kappa shape index (κ1) is 15.7. The van der Waals surface area contributed by atoms with Crippen LogP contribution in [0.5, 0.6) is 0 Å². The predicted molar refractivity (Wildman–Crippen MR) is 88.0 cm³/mol. The fourth-order valence-electron chi connectivity index (χ4n) is 1.96. The van der Waals surface area contributed by atoms with Crippen molar-refractivity contribution in [2.75, 3.05) is 11.9 Å². The van der Waals surface area contributed by atoms with Crippen molar-refractivity contribution in [2.45, 2.75) is 33.2 Å². The minimum atomic E-state index is -0.117. The van der Waals surface area contributed by atoms with Crippen molar-refractivity contribution < 1.29 is 4.79 Å². The van der Waals surface area contributed by atoms with E-state index in [1.54, 1.807) is 0 Å². The molecule has 1 aromatic heterocycles. The van der Waals surface area contributed by atoms with Crippen LogP contribution in [0.15, 0.2) is 29.6 Å². The Hall–Kier alpha value is -1.72. The number of aryl methyl sites for hydroxylation is 1. The summed E-state index contributed by atoms with van der Waals surface area (Å²) in [5.74, 6) is -0.117. The summed E-state index contributed by atoms with van der Waals surface area (Å²) in [5.41, 5.74) is 2.69. The maximum Gasteiger partial charge on any atom is 0.257 e. The van der Waals surface area contributed by atoms with Gasteiger partial charge in [0.25, 0.3) is 5.91 Å². The van der Waals surface area contributed by atoms with Crippen LogP contribution in [0.1, 0.15) is 47.9 Å². The minimum absolute atomic E-state index is 0.117. The summed E-state index contributed by atoms with van der Waals surface area (Å²) in [5, 5.41) is 8.87. The molecule has 0 radical (unpaired) electrons. The average molecular weight is 303 g/mol. The number of nitrogens with zero attached hydrogens (tertiary/aromatic N) is 1. The first-order valence-corrected chi connectivity index (χ1v) is 8.05. The van der Waals surface area contributed by atoms with Gasteiger partial charge in [-0.3, -0.25) is 10.1 Å². The van der Waals surface area contributed by atoms with Crippen molar-refractivity contribution in [3.63, 3.8) is 0 Å². The van der Waals surface area contributed by atoms with E-state index in [1.165, 1.54) is 11.3 Å². The second kappa shape index (κ2) is 7.33. The molecule has 5 heteroatoms. The zero-order valence-corrected chi connectivity index (χ0v) is 13.5. The molecule has 0 saturated heterocycles. The SMILES string of the molecule is CCCNC(C)c1csc(NC(=O)c2cccc(C)c2)n1. The average Bonchev–Trinajstić information content (AvgIpc) is 2.93. The fourth-order valence-corrected chi connectivity index (χ4v) is 2.76. The Morgan fingerprint density at radius 3 is 2.95 bits per heavy atom. The zero-order valence-electron chi connectivity index (χ0n) is 12.6. The summed E-state index contributed by atoms with van der Waals surface area (Å²) in [6, 6.07) is 7.73. The number of benzene rings is 1. The molecule has 2 rings (SSSR count). The Morgan fingerprint density at radius 1 is 1.43 bits per heavy atom. The van der Waals surface area contributed by atoms with Crippen LogP contribution in [0.2, 0.25) is 0 Å². The Morgan fingerprint density at radius 2 is 2.24 bits per heavy atom. The molecule has 0 bridgehead atoms. The van der Waals surface area contributed by atoms with Crippen LogP contribution in [0.4, 0.5) is 5.13 Å². The molecular formula is C16H21N3OS. The van der Waals surface area contributed by atoms with Gasteiger partial charge in [0.15, 0.2) is 5.13 Å². The zero-order chi connectivity index (χ0) is 15.2. The van der Waals surface area contributed by atoms with Gasteiger partial charge in [-0.15, -0.1) is 11.3 Å². The second-order valence-electron chi connectivity index (χ2n) is 5.08. The lowest BCUT2D eigenvalue weighted by atomic mass is 10.1. The van der Waals surface area contributed by atoms with E-state index >= 15 is 0 Å². The van der Waals surface area contributed by atoms with Crippen molar-refractivity contribution in [2.24, 2.45) is 0 Å². The van der Waals surface area contributed by atoms with Gasteiger partial charge in [-0.2, -0.15) is 0 Å². The number of rotatable bonds is 6. The normalized spacial score (nSPS) is 12.1. The smallest absolute Gasteiger partial charge is 0.257 e. The lowest BCUT2D eigenvalue weighted by Gasteiger charge is -2.09. The van der Waals surface area contributed by atoms with E-state index in [4.69, 9.17) is 0 Å². The summed E-state index contributed by atoms with van der Waals surface area (Å²) in [7, 11) is 0. The number of anilines is 1. The van der Waals surface area contributed by atoms with Gasteiger partial charge in [0.05, 0.1) is 5.69 Å². The minimum Gasteiger partial charge on any atom is -0.309 e. The molecule has 0 fully saturated rings. The molecule has 2 aromatic rings. The molecule has 0 aliphatic heterocycles. The molecule has 1 aromatic carbocycles. The molecule has 4 nitrogen and oxygen atoms in total. The molecule has 1 unspecified atom stereocenters. The van der Waals surface area contributed by atoms with Gasteiger partial charge in [-0.1, -0.05) is 24.6 Å². The number of aromatic nitrogens is 1. The Bertz CT molecular complexity index is 609. The van der Waals surface area contributed by atoms with Crippen LogP contribution in [0.25, 0.3) is 0 Å². The van der Waals surface area contributed by atoms with Gasteiger partial charge in [0.1, 0.15) is 0 Å². The van der Waals surface area contributed by atoms with E-state index in [0.29, 0.717) is 10.7 Å². The van der Waals surface area contributed by atoms with E-state index in [-0.39, 0.29) is 11.9 Å². The van der Waals surface area contributed by atoms with Crippen LogP contribution >= 0.6 is 11.3 Å². The molecule has 1 heterocycles. The molecule has 112 valence electrons. The lowest BCUT2D eigenvalue weighted by Crippen LogP contribution is -2.19. The molecule has 1 atom stereocenters. The highest BCUT2D eigenvalue weighted by Gasteiger charge is 2.12. The first-order chi connectivity index (χ1) is 10.1. The summed E-state index contributed by atoms with van der Waals surface area (Å²) >= 11 is 1.46. The molecule has 0 spiro atoms. The van der Waals surface area contributed by atoms with Gasteiger partial charge in [0, 0.05) is 17.0 Å². The number of thiazole rings is 1. The topological polar surface area (TPSA) is 54.0 Å². The Balaban J connectivity index is 2.00. The highest BCUT2D eigenvalue weighted by Crippen LogP contribution is 2.21. The highest BCUT2D eigenvalue weighted by atomic mass is 32.1. The number of carbonyl (C=O) groups excluding carboxylic acids is 1. The van der Waals surface area contributed by atoms with Crippen LogP contribution in [0.3, 0.4) is 0 Å². The Labute approximate surface area is 129 Å². The van der Waals surface area contributed by atoms with Gasteiger partial charge < -0.3 is 5.32 Å². The van der Waals surface area contributed by atoms with E-state index < -0.39 is 0 Å². The molecular weight excluding hydrogens is 282 g/mol. The Kier molecular flexibility index (Phi) is 5.47. The van der Waals surface area contributed by atoms with E-state index in [1.807, 2.05) is 36.6 Å². The number of amides is 1. The lowest BCUT2D eigenvalue weighted by molar-refractivity contribution is 0.102. The third kappa shape index (κ3) is 4.37. The largest absolute Gasteiger partial charge is 0.309 e. The summed E-state index contributed by atoms with van der Waals surface area (Å²) in [4.78, 5) is 16.6. The summed E-state index contributed by atoms with van der Waals surface area (Å²) in [6.45, 7) is 7.15. The predicted octanol–water partition coefficient (Wildman–Crippen LogP) is 3.76. The molecule has 0 saturated carbocycles. The molecule has 1 amide bonds. The maximum atomic E-state index is 12.2. The van der Waals surface area contributed by atoms with Crippen LogP contribution < -0.4 is 10.6 Å². The summed E-state index contributed by atoms with van der Waals surface area (Å²) < 4.78 is 0. The van der Waals surface area contributed by atoms with E-state index in [0.717, 1.165) is 24.2 Å². The van der Waals surface area contributed by atoms with Gasteiger partial charge in [0.2, 0.25) is 0 Å². The number of hydrogen-bond acceptors (Lipinski definition) is 4. The summed E-state index contributed by atoms with van der Waals surface area (Å²) in [6.07, 6.45) is 1.09. The van der Waals surface area contributed by atoms with Crippen molar-refractivity contribution in [1.82, 2.24) is 10.3 Å². The van der Waals surface area contributed by atoms with Crippen LogP contribution in [-0.2, 0) is 0 Å². The van der Waals surface area contributed by atoms with Crippen molar-refractivity contribution >= 4 is 22.4 Å². The van der Waals surface area contributed by atoms with Crippen molar-refractivity contribution in [1.29, 1.82) is 0 Å². The van der Waals surface area contributed by atoms with Crippen LogP contribution in [0, 0.1) is 6.92 Å². The second-order valence-corrected chi connectivity index (χ2v) is 5.94. The quantitative estimate of drug-likeness (QED) is 0.854. The first-order valence-electron chi connectivity index (χ1n) is 7.17. The third-order valence-corrected chi connectivity index (χ3v) is 3.94. The van der Waals surface area contributed by atoms with Crippen LogP contribution in [-0.4, -0.2) is 17.4 Å². The number of hydrogen-bond donors (Lipinski definition) is 2. The highest BCUT2D eigenvalue weighted by molar-refractivity contribution is 7.14. The van der Waals surface area contributed by atoms with Gasteiger partial charge >= 0.3 is 0 Å². The number of carbonyl (C=O) groups is 1. The maximum absolute atomic E-state index is 12.2. The standard InChI is InChI=1S/C16H21N3OS/c1-4-8-17-12(3)14-10-21-16(18-14)19-15(20)13-7-5-6-11(2)9-13/h5-7,9-10,12,17H,4,8H2,1-3H3,(H,18,19,20). The van der Waals surface area contributed by atoms with E-state index in [9.17, 15) is 4.79 Å². The van der Waals surface area contributed by atoms with Crippen molar-refractivity contribution in [3.8, 4) is 0 Å².